The Hall–Kier alpha value is -2.44. The fourth-order valence-electron chi connectivity index (χ4n) is 3.87. The minimum Gasteiger partial charge on any atom is -0.370 e. The molecule has 1 spiro atoms. The average molecular weight is 367 g/mol. The number of nitrogens with zero attached hydrogens (tertiary/aromatic N) is 2. The summed E-state index contributed by atoms with van der Waals surface area (Å²) in [7, 11) is 0. The first kappa shape index (κ1) is 17.9. The molecule has 1 N–H and O–H groups in total. The normalized spacial score (nSPS) is 18.7. The molecule has 2 aliphatic rings. The molecule has 3 heterocycles. The molecular weight excluding hydrogens is 342 g/mol. The average Bonchev–Trinajstić information content (AvgIpc) is 3.09. The minimum atomic E-state index is -0.401. The van der Waals surface area contributed by atoms with Gasteiger partial charge in [0.15, 0.2) is 5.79 Å². The fraction of sp³-hybridized carbons (Fsp3) is 0.429. The van der Waals surface area contributed by atoms with Gasteiger partial charge in [-0.25, -0.2) is 0 Å². The van der Waals surface area contributed by atoms with Crippen molar-refractivity contribution in [1.29, 1.82) is 0 Å². The maximum Gasteiger partial charge on any atom is 0.257 e. The number of aryl methyl sites for hydroxylation is 2. The summed E-state index contributed by atoms with van der Waals surface area (Å²) in [4.78, 5) is 19.2. The van der Waals surface area contributed by atoms with Crippen LogP contribution in [0.3, 0.4) is 0 Å². The van der Waals surface area contributed by atoms with Gasteiger partial charge in [-0.05, 0) is 43.2 Å². The van der Waals surface area contributed by atoms with Gasteiger partial charge in [-0.15, -0.1) is 0 Å². The summed E-state index contributed by atoms with van der Waals surface area (Å²) < 4.78 is 11.6. The van der Waals surface area contributed by atoms with E-state index >= 15 is 0 Å². The highest BCUT2D eigenvalue weighted by Crippen LogP contribution is 2.33. The molecule has 0 atom stereocenters. The molecule has 2 saturated heterocycles. The zero-order valence-electron chi connectivity index (χ0n) is 15.8. The first-order valence-corrected chi connectivity index (χ1v) is 9.41. The van der Waals surface area contributed by atoms with Crippen LogP contribution in [0.1, 0.15) is 34.3 Å². The second-order valence-corrected chi connectivity index (χ2v) is 7.36. The van der Waals surface area contributed by atoms with Crippen LogP contribution in [0.15, 0.2) is 36.7 Å². The number of hydrogen-bond acceptors (Lipinski definition) is 5. The topological polar surface area (TPSA) is 63.7 Å². The van der Waals surface area contributed by atoms with Crippen molar-refractivity contribution in [1.82, 2.24) is 4.98 Å². The summed E-state index contributed by atoms with van der Waals surface area (Å²) in [6.07, 6.45) is 5.07. The van der Waals surface area contributed by atoms with Crippen molar-refractivity contribution in [3.63, 3.8) is 0 Å². The number of pyridine rings is 1. The van der Waals surface area contributed by atoms with Crippen LogP contribution in [-0.4, -0.2) is 43.0 Å². The molecule has 6 heteroatoms. The van der Waals surface area contributed by atoms with E-state index in [4.69, 9.17) is 9.47 Å². The van der Waals surface area contributed by atoms with Gasteiger partial charge in [-0.2, -0.15) is 0 Å². The van der Waals surface area contributed by atoms with Gasteiger partial charge in [0.2, 0.25) is 0 Å². The van der Waals surface area contributed by atoms with E-state index in [1.165, 1.54) is 0 Å². The van der Waals surface area contributed by atoms with Crippen molar-refractivity contribution in [3.05, 3.63) is 53.3 Å². The number of carbonyl (C=O) groups excluding carboxylic acids is 1. The van der Waals surface area contributed by atoms with Gasteiger partial charge >= 0.3 is 0 Å². The Morgan fingerprint density at radius 2 is 1.70 bits per heavy atom. The van der Waals surface area contributed by atoms with Crippen molar-refractivity contribution < 1.29 is 14.3 Å². The second-order valence-electron chi connectivity index (χ2n) is 7.36. The van der Waals surface area contributed by atoms with Crippen LogP contribution < -0.4 is 10.2 Å². The largest absolute Gasteiger partial charge is 0.370 e. The van der Waals surface area contributed by atoms with Crippen molar-refractivity contribution in [2.24, 2.45) is 0 Å². The molecule has 0 bridgehead atoms. The summed E-state index contributed by atoms with van der Waals surface area (Å²) in [6.45, 7) is 7.04. The van der Waals surface area contributed by atoms with E-state index in [-0.39, 0.29) is 5.91 Å². The Morgan fingerprint density at radius 1 is 1.04 bits per heavy atom. The molecule has 2 fully saturated rings. The number of aromatic nitrogens is 1. The van der Waals surface area contributed by atoms with Crippen molar-refractivity contribution >= 4 is 17.3 Å². The summed E-state index contributed by atoms with van der Waals surface area (Å²) in [5.41, 5.74) is 4.56. The van der Waals surface area contributed by atoms with Gasteiger partial charge in [0.1, 0.15) is 0 Å². The van der Waals surface area contributed by atoms with Crippen LogP contribution in [0.25, 0.3) is 0 Å². The Kier molecular flexibility index (Phi) is 4.85. The van der Waals surface area contributed by atoms with Crippen LogP contribution in [-0.2, 0) is 9.47 Å². The zero-order valence-corrected chi connectivity index (χ0v) is 15.8. The lowest BCUT2D eigenvalue weighted by Crippen LogP contribution is -2.45. The summed E-state index contributed by atoms with van der Waals surface area (Å²) in [6, 6.07) is 7.92. The molecule has 27 heavy (non-hydrogen) atoms. The highest BCUT2D eigenvalue weighted by molar-refractivity contribution is 6.04. The van der Waals surface area contributed by atoms with Crippen molar-refractivity contribution in [2.75, 3.05) is 36.5 Å². The molecule has 0 saturated carbocycles. The van der Waals surface area contributed by atoms with Crippen LogP contribution in [0.5, 0.6) is 0 Å². The maximum absolute atomic E-state index is 12.7. The Morgan fingerprint density at radius 3 is 2.37 bits per heavy atom. The van der Waals surface area contributed by atoms with E-state index in [0.717, 1.165) is 48.4 Å². The summed E-state index contributed by atoms with van der Waals surface area (Å²) in [5, 5.41) is 2.97. The van der Waals surface area contributed by atoms with Crippen molar-refractivity contribution in [3.8, 4) is 0 Å². The molecule has 0 radical (unpaired) electrons. The van der Waals surface area contributed by atoms with Crippen LogP contribution in [0, 0.1) is 13.8 Å². The Labute approximate surface area is 159 Å². The third-order valence-corrected chi connectivity index (χ3v) is 5.17. The van der Waals surface area contributed by atoms with E-state index in [1.807, 2.05) is 38.2 Å². The lowest BCUT2D eigenvalue weighted by molar-refractivity contribution is -0.169. The van der Waals surface area contributed by atoms with Crippen LogP contribution in [0.4, 0.5) is 11.4 Å². The molecular formula is C21H25N3O3. The predicted octanol–water partition coefficient (Wildman–Crippen LogP) is 3.29. The van der Waals surface area contributed by atoms with Gasteiger partial charge in [0.05, 0.1) is 30.7 Å². The number of rotatable bonds is 3. The number of hydrogen-bond donors (Lipinski definition) is 1. The molecule has 1 aromatic heterocycles. The molecule has 2 aromatic rings. The van der Waals surface area contributed by atoms with Crippen molar-refractivity contribution in [2.45, 2.75) is 32.5 Å². The number of amides is 1. The molecule has 142 valence electrons. The smallest absolute Gasteiger partial charge is 0.257 e. The Balaban J connectivity index is 1.45. The summed E-state index contributed by atoms with van der Waals surface area (Å²) in [5.74, 6) is -0.549. The van der Waals surface area contributed by atoms with E-state index in [2.05, 4.69) is 21.3 Å². The van der Waals surface area contributed by atoms with E-state index < -0.39 is 5.79 Å². The van der Waals surface area contributed by atoms with Crippen LogP contribution in [0.2, 0.25) is 0 Å². The number of anilines is 2. The van der Waals surface area contributed by atoms with E-state index in [1.54, 1.807) is 6.20 Å². The monoisotopic (exact) mass is 367 g/mol. The molecule has 6 nitrogen and oxygen atoms in total. The van der Waals surface area contributed by atoms with Gasteiger partial charge in [0.25, 0.3) is 5.91 Å². The number of ether oxygens (including phenoxy) is 2. The SMILES string of the molecule is Cc1cc(C)cc(NC(=O)c2cncc(N3CCC4(CC3)OCCO4)c2)c1. The van der Waals surface area contributed by atoms with Gasteiger partial charge in [-0.1, -0.05) is 6.07 Å². The first-order chi connectivity index (χ1) is 13.0. The standard InChI is InChI=1S/C21H25N3O3/c1-15-9-16(2)11-18(10-15)23-20(25)17-12-19(14-22-13-17)24-5-3-21(4-6-24)26-7-8-27-21/h9-14H,3-8H2,1-2H3,(H,23,25). The molecule has 1 aromatic carbocycles. The van der Waals surface area contributed by atoms with E-state index in [0.29, 0.717) is 18.8 Å². The molecule has 0 aliphatic carbocycles. The fourth-order valence-corrected chi connectivity index (χ4v) is 3.87. The third-order valence-electron chi connectivity index (χ3n) is 5.17. The van der Waals surface area contributed by atoms with Gasteiger partial charge < -0.3 is 19.7 Å². The second kappa shape index (κ2) is 7.29. The summed E-state index contributed by atoms with van der Waals surface area (Å²) >= 11 is 0. The Bertz CT molecular complexity index is 816. The van der Waals surface area contributed by atoms with E-state index in [9.17, 15) is 4.79 Å². The molecule has 2 aliphatic heterocycles. The minimum absolute atomic E-state index is 0.148. The maximum atomic E-state index is 12.7. The zero-order chi connectivity index (χ0) is 18.9. The number of nitrogens with one attached hydrogen (secondary N) is 1. The first-order valence-electron chi connectivity index (χ1n) is 9.41. The lowest BCUT2D eigenvalue weighted by Gasteiger charge is -2.38. The lowest BCUT2D eigenvalue weighted by atomic mass is 10.0. The predicted molar refractivity (Wildman–Crippen MR) is 104 cm³/mol. The van der Waals surface area contributed by atoms with Gasteiger partial charge in [-0.3, -0.25) is 9.78 Å². The number of benzene rings is 1. The molecule has 4 rings (SSSR count). The van der Waals surface area contributed by atoms with Gasteiger partial charge in [0, 0.05) is 37.8 Å². The quantitative estimate of drug-likeness (QED) is 0.902. The number of carbonyl (C=O) groups is 1. The molecule has 0 unspecified atom stereocenters. The number of piperidine rings is 1. The third kappa shape index (κ3) is 3.96. The highest BCUT2D eigenvalue weighted by atomic mass is 16.7. The van der Waals surface area contributed by atoms with Crippen LogP contribution >= 0.6 is 0 Å². The molecule has 1 amide bonds. The highest BCUT2D eigenvalue weighted by Gasteiger charge is 2.39.